The summed E-state index contributed by atoms with van der Waals surface area (Å²) in [5, 5.41) is 0.769. The van der Waals surface area contributed by atoms with Crippen LogP contribution in [0.3, 0.4) is 0 Å². The molecule has 27 heavy (non-hydrogen) atoms. The molecular weight excluding hydrogens is 409 g/mol. The largest absolute Gasteiger partial charge is 0.383 e. The molecule has 1 amide bonds. The topological polar surface area (TPSA) is 63.7 Å². The summed E-state index contributed by atoms with van der Waals surface area (Å²) in [6, 6.07) is 11.4. The van der Waals surface area contributed by atoms with Crippen LogP contribution in [0.2, 0.25) is 10.0 Å². The molecular formula is C19H21Cl2NO4S. The van der Waals surface area contributed by atoms with Gasteiger partial charge in [-0.15, -0.1) is 0 Å². The van der Waals surface area contributed by atoms with Crippen LogP contribution in [0.5, 0.6) is 5.75 Å². The molecule has 0 aliphatic rings. The summed E-state index contributed by atoms with van der Waals surface area (Å²) in [5.74, 6) is 0.0332. The molecule has 0 N–H and O–H groups in total. The van der Waals surface area contributed by atoms with Crippen molar-refractivity contribution in [2.24, 2.45) is 0 Å². The lowest BCUT2D eigenvalue weighted by Gasteiger charge is -2.29. The SMILES string of the molecule is CCC(C)N(Cc1ccc(OS(C)(=O)=O)cc1)C(=O)c1ccc(Cl)cc1Cl. The summed E-state index contributed by atoms with van der Waals surface area (Å²) < 4.78 is 27.2. The zero-order valence-corrected chi connectivity index (χ0v) is 17.6. The van der Waals surface area contributed by atoms with Gasteiger partial charge in [-0.2, -0.15) is 8.42 Å². The number of amides is 1. The van der Waals surface area contributed by atoms with Gasteiger partial charge in [0.05, 0.1) is 16.8 Å². The van der Waals surface area contributed by atoms with Crippen molar-refractivity contribution in [2.45, 2.75) is 32.9 Å². The van der Waals surface area contributed by atoms with Crippen LogP contribution in [0.4, 0.5) is 0 Å². The lowest BCUT2D eigenvalue weighted by atomic mass is 10.1. The van der Waals surface area contributed by atoms with E-state index in [9.17, 15) is 13.2 Å². The Kier molecular flexibility index (Phi) is 7.14. The van der Waals surface area contributed by atoms with Gasteiger partial charge in [0.1, 0.15) is 5.75 Å². The second-order valence-corrected chi connectivity index (χ2v) is 8.66. The van der Waals surface area contributed by atoms with Crippen LogP contribution in [0, 0.1) is 0 Å². The normalized spacial score (nSPS) is 12.5. The molecule has 0 aliphatic heterocycles. The third-order valence-electron chi connectivity index (χ3n) is 4.07. The average Bonchev–Trinajstić information content (AvgIpc) is 2.58. The molecule has 0 heterocycles. The van der Waals surface area contributed by atoms with E-state index >= 15 is 0 Å². The summed E-state index contributed by atoms with van der Waals surface area (Å²) in [5.41, 5.74) is 1.23. The highest BCUT2D eigenvalue weighted by Gasteiger charge is 2.23. The zero-order chi connectivity index (χ0) is 20.2. The summed E-state index contributed by atoms with van der Waals surface area (Å²) in [6.45, 7) is 4.31. The lowest BCUT2D eigenvalue weighted by molar-refractivity contribution is 0.0672. The van der Waals surface area contributed by atoms with Gasteiger partial charge in [0, 0.05) is 17.6 Å². The van der Waals surface area contributed by atoms with Crippen molar-refractivity contribution in [3.63, 3.8) is 0 Å². The fraction of sp³-hybridized carbons (Fsp3) is 0.316. The number of nitrogens with zero attached hydrogens (tertiary/aromatic N) is 1. The van der Waals surface area contributed by atoms with E-state index in [0.29, 0.717) is 22.2 Å². The van der Waals surface area contributed by atoms with E-state index in [1.165, 1.54) is 0 Å². The Labute approximate surface area is 170 Å². The van der Waals surface area contributed by atoms with Crippen LogP contribution in [0.1, 0.15) is 36.2 Å². The first-order valence-corrected chi connectivity index (χ1v) is 10.9. The highest BCUT2D eigenvalue weighted by Crippen LogP contribution is 2.25. The van der Waals surface area contributed by atoms with E-state index in [1.54, 1.807) is 47.4 Å². The molecule has 0 radical (unpaired) electrons. The van der Waals surface area contributed by atoms with Crippen molar-refractivity contribution in [1.29, 1.82) is 0 Å². The van der Waals surface area contributed by atoms with Crippen molar-refractivity contribution in [1.82, 2.24) is 4.90 Å². The Hall–Kier alpha value is -1.76. The quantitative estimate of drug-likeness (QED) is 0.594. The number of hydrogen-bond donors (Lipinski definition) is 0. The second-order valence-electron chi connectivity index (χ2n) is 6.25. The molecule has 1 atom stereocenters. The number of halogens is 2. The van der Waals surface area contributed by atoms with Crippen LogP contribution < -0.4 is 4.18 Å². The van der Waals surface area contributed by atoms with Gasteiger partial charge >= 0.3 is 10.1 Å². The fourth-order valence-corrected chi connectivity index (χ4v) is 3.44. The molecule has 8 heteroatoms. The molecule has 0 aromatic heterocycles. The number of benzene rings is 2. The van der Waals surface area contributed by atoms with Crippen molar-refractivity contribution < 1.29 is 17.4 Å². The van der Waals surface area contributed by atoms with Crippen LogP contribution in [-0.4, -0.2) is 31.5 Å². The van der Waals surface area contributed by atoms with E-state index in [-0.39, 0.29) is 17.7 Å². The second kappa shape index (κ2) is 8.95. The zero-order valence-electron chi connectivity index (χ0n) is 15.3. The maximum Gasteiger partial charge on any atom is 0.306 e. The maximum absolute atomic E-state index is 13.0. The van der Waals surface area contributed by atoms with Gasteiger partial charge in [0.25, 0.3) is 5.91 Å². The monoisotopic (exact) mass is 429 g/mol. The Morgan fingerprint density at radius 3 is 2.30 bits per heavy atom. The van der Waals surface area contributed by atoms with Gasteiger partial charge in [0.15, 0.2) is 0 Å². The Bertz CT molecular complexity index is 914. The van der Waals surface area contributed by atoms with Gasteiger partial charge in [-0.25, -0.2) is 0 Å². The van der Waals surface area contributed by atoms with Crippen LogP contribution >= 0.6 is 23.2 Å². The van der Waals surface area contributed by atoms with Crippen molar-refractivity contribution in [3.8, 4) is 5.75 Å². The predicted octanol–water partition coefficient (Wildman–Crippen LogP) is 4.77. The van der Waals surface area contributed by atoms with Gasteiger partial charge in [-0.05, 0) is 49.2 Å². The molecule has 1 unspecified atom stereocenters. The molecule has 146 valence electrons. The molecule has 0 spiro atoms. The number of rotatable bonds is 7. The lowest BCUT2D eigenvalue weighted by Crippen LogP contribution is -2.37. The highest BCUT2D eigenvalue weighted by molar-refractivity contribution is 7.86. The van der Waals surface area contributed by atoms with E-state index in [1.807, 2.05) is 13.8 Å². The molecule has 0 bridgehead atoms. The molecule has 0 aliphatic carbocycles. The van der Waals surface area contributed by atoms with E-state index in [4.69, 9.17) is 27.4 Å². The summed E-state index contributed by atoms with van der Waals surface area (Å²) in [6.07, 6.45) is 1.76. The summed E-state index contributed by atoms with van der Waals surface area (Å²) >= 11 is 12.1. The van der Waals surface area contributed by atoms with Gasteiger partial charge in [-0.1, -0.05) is 42.3 Å². The molecule has 0 saturated heterocycles. The minimum absolute atomic E-state index is 0.0174. The van der Waals surface area contributed by atoms with Crippen LogP contribution in [-0.2, 0) is 16.7 Å². The van der Waals surface area contributed by atoms with E-state index < -0.39 is 10.1 Å². The molecule has 0 saturated carbocycles. The third kappa shape index (κ3) is 6.13. The smallest absolute Gasteiger partial charge is 0.306 e. The van der Waals surface area contributed by atoms with Crippen molar-refractivity contribution in [3.05, 3.63) is 63.6 Å². The number of hydrogen-bond acceptors (Lipinski definition) is 4. The van der Waals surface area contributed by atoms with Crippen LogP contribution in [0.15, 0.2) is 42.5 Å². The van der Waals surface area contributed by atoms with E-state index in [2.05, 4.69) is 0 Å². The maximum atomic E-state index is 13.0. The first-order chi connectivity index (χ1) is 12.6. The van der Waals surface area contributed by atoms with Gasteiger partial charge in [0.2, 0.25) is 0 Å². The summed E-state index contributed by atoms with van der Waals surface area (Å²) in [7, 11) is -3.58. The molecule has 2 rings (SSSR count). The standard InChI is InChI=1S/C19H21Cl2NO4S/c1-4-13(2)22(19(23)17-10-7-15(20)11-18(17)21)12-14-5-8-16(9-6-14)26-27(3,24)25/h5-11,13H,4,12H2,1-3H3. The molecule has 2 aromatic carbocycles. The fourth-order valence-electron chi connectivity index (χ4n) is 2.49. The summed E-state index contributed by atoms with van der Waals surface area (Å²) in [4.78, 5) is 14.8. The Morgan fingerprint density at radius 2 is 1.78 bits per heavy atom. The highest BCUT2D eigenvalue weighted by atomic mass is 35.5. The first kappa shape index (κ1) is 21.5. The minimum Gasteiger partial charge on any atom is -0.383 e. The van der Waals surface area contributed by atoms with Gasteiger partial charge < -0.3 is 9.08 Å². The van der Waals surface area contributed by atoms with E-state index in [0.717, 1.165) is 18.2 Å². The average molecular weight is 430 g/mol. The predicted molar refractivity (Wildman–Crippen MR) is 108 cm³/mol. The number of carbonyl (C=O) groups excluding carboxylic acids is 1. The van der Waals surface area contributed by atoms with Gasteiger partial charge in [-0.3, -0.25) is 4.79 Å². The molecule has 0 fully saturated rings. The Morgan fingerprint density at radius 1 is 1.15 bits per heavy atom. The van der Waals surface area contributed by atoms with Crippen LogP contribution in [0.25, 0.3) is 0 Å². The third-order valence-corrected chi connectivity index (χ3v) is 5.11. The number of carbonyl (C=O) groups is 1. The Balaban J connectivity index is 2.25. The molecule has 5 nitrogen and oxygen atoms in total. The first-order valence-electron chi connectivity index (χ1n) is 8.35. The minimum atomic E-state index is -3.58. The van der Waals surface area contributed by atoms with Crippen molar-refractivity contribution >= 4 is 39.2 Å². The molecule has 2 aromatic rings. The van der Waals surface area contributed by atoms with Crippen molar-refractivity contribution in [2.75, 3.05) is 6.26 Å².